The van der Waals surface area contributed by atoms with Crippen LogP contribution in [-0.4, -0.2) is 34.0 Å². The quantitative estimate of drug-likeness (QED) is 0.589. The van der Waals surface area contributed by atoms with Crippen molar-refractivity contribution < 1.29 is 23.4 Å². The zero-order valence-corrected chi connectivity index (χ0v) is 17.5. The highest BCUT2D eigenvalue weighted by atomic mass is 19.3. The summed E-state index contributed by atoms with van der Waals surface area (Å²) in [6.45, 7) is 2.95. The fraction of sp³-hybridized carbons (Fsp3) is 0.304. The van der Waals surface area contributed by atoms with Gasteiger partial charge in [-0.2, -0.15) is 13.9 Å². The van der Waals surface area contributed by atoms with Gasteiger partial charge < -0.3 is 15.2 Å². The van der Waals surface area contributed by atoms with Crippen LogP contribution in [0.1, 0.15) is 48.5 Å². The van der Waals surface area contributed by atoms with Crippen molar-refractivity contribution in [2.75, 3.05) is 6.54 Å². The molecule has 0 saturated carbocycles. The second kappa shape index (κ2) is 9.26. The number of hydrogen-bond acceptors (Lipinski definition) is 4. The fourth-order valence-corrected chi connectivity index (χ4v) is 3.08. The van der Waals surface area contributed by atoms with E-state index in [1.807, 2.05) is 51.1 Å². The summed E-state index contributed by atoms with van der Waals surface area (Å²) in [5.41, 5.74) is 1.99. The number of carbonyl (C=O) groups excluding carboxylic acids is 1. The molecule has 31 heavy (non-hydrogen) atoms. The van der Waals surface area contributed by atoms with Crippen LogP contribution < -0.4 is 10.1 Å². The molecule has 1 amide bonds. The van der Waals surface area contributed by atoms with E-state index in [1.165, 1.54) is 24.3 Å². The standard InChI is InChI=1S/C23H25F2N3O3/c1-23(2,3)20-18(14-28(27-20)16-7-5-4-6-8-16)21(30)26-13-19(29)15-9-11-17(12-10-15)31-22(24)25/h4-12,14,19,22,29H,13H2,1-3H3,(H,26,30)/t19-/m0/s1. The molecule has 8 heteroatoms. The van der Waals surface area contributed by atoms with E-state index in [9.17, 15) is 18.7 Å². The number of nitrogens with one attached hydrogen (secondary N) is 1. The van der Waals surface area contributed by atoms with Gasteiger partial charge in [-0.25, -0.2) is 4.68 Å². The summed E-state index contributed by atoms with van der Waals surface area (Å²) >= 11 is 0. The first-order chi connectivity index (χ1) is 14.6. The molecule has 3 rings (SSSR count). The molecule has 1 heterocycles. The minimum atomic E-state index is -2.91. The Labute approximate surface area is 179 Å². The van der Waals surface area contributed by atoms with Crippen LogP contribution in [0.3, 0.4) is 0 Å². The van der Waals surface area contributed by atoms with Gasteiger partial charge in [0.2, 0.25) is 0 Å². The van der Waals surface area contributed by atoms with E-state index < -0.39 is 12.7 Å². The van der Waals surface area contributed by atoms with Crippen molar-refractivity contribution in [2.45, 2.75) is 38.9 Å². The Balaban J connectivity index is 1.73. The summed E-state index contributed by atoms with van der Waals surface area (Å²) in [5.74, 6) is -0.359. The third-order valence-electron chi connectivity index (χ3n) is 4.64. The Bertz CT molecular complexity index is 1010. The van der Waals surface area contributed by atoms with Crippen molar-refractivity contribution >= 4 is 5.91 Å². The lowest BCUT2D eigenvalue weighted by Gasteiger charge is -2.18. The van der Waals surface area contributed by atoms with Gasteiger partial charge in [0.25, 0.3) is 5.91 Å². The Morgan fingerprint density at radius 3 is 2.35 bits per heavy atom. The largest absolute Gasteiger partial charge is 0.435 e. The van der Waals surface area contributed by atoms with Gasteiger partial charge in [0.1, 0.15) is 5.75 Å². The zero-order chi connectivity index (χ0) is 22.6. The van der Waals surface area contributed by atoms with Gasteiger partial charge in [-0.15, -0.1) is 0 Å². The van der Waals surface area contributed by atoms with Gasteiger partial charge in [0.05, 0.1) is 23.0 Å². The number of aliphatic hydroxyl groups excluding tert-OH is 1. The molecule has 2 N–H and O–H groups in total. The maximum Gasteiger partial charge on any atom is 0.387 e. The lowest BCUT2D eigenvalue weighted by Crippen LogP contribution is -2.30. The monoisotopic (exact) mass is 429 g/mol. The van der Waals surface area contributed by atoms with Crippen LogP contribution in [0.4, 0.5) is 8.78 Å². The summed E-state index contributed by atoms with van der Waals surface area (Å²) in [6.07, 6.45) is 0.667. The van der Waals surface area contributed by atoms with Crippen LogP contribution in [0.15, 0.2) is 60.8 Å². The first-order valence-electron chi connectivity index (χ1n) is 9.82. The Morgan fingerprint density at radius 1 is 1.13 bits per heavy atom. The van der Waals surface area contributed by atoms with E-state index in [4.69, 9.17) is 0 Å². The molecule has 2 aromatic carbocycles. The van der Waals surface area contributed by atoms with E-state index >= 15 is 0 Å². The molecule has 1 aromatic heterocycles. The average Bonchev–Trinajstić information content (AvgIpc) is 3.19. The Morgan fingerprint density at radius 2 is 1.77 bits per heavy atom. The number of alkyl halides is 2. The number of benzene rings is 2. The summed E-state index contributed by atoms with van der Waals surface area (Å²) in [5, 5.41) is 17.7. The van der Waals surface area contributed by atoms with Crippen LogP contribution in [-0.2, 0) is 5.41 Å². The van der Waals surface area contributed by atoms with E-state index in [0.717, 1.165) is 5.69 Å². The van der Waals surface area contributed by atoms with Crippen molar-refractivity contribution in [3.05, 3.63) is 77.6 Å². The summed E-state index contributed by atoms with van der Waals surface area (Å²) in [7, 11) is 0. The summed E-state index contributed by atoms with van der Waals surface area (Å²) < 4.78 is 30.5. The number of amides is 1. The summed E-state index contributed by atoms with van der Waals surface area (Å²) in [6, 6.07) is 15.1. The van der Waals surface area contributed by atoms with Crippen LogP contribution in [0.2, 0.25) is 0 Å². The molecule has 0 aliphatic carbocycles. The lowest BCUT2D eigenvalue weighted by atomic mass is 9.89. The second-order valence-corrected chi connectivity index (χ2v) is 8.09. The predicted octanol–water partition coefficient (Wildman–Crippen LogP) is 4.23. The van der Waals surface area contributed by atoms with Crippen molar-refractivity contribution in [1.29, 1.82) is 0 Å². The van der Waals surface area contributed by atoms with Crippen LogP contribution in [0.25, 0.3) is 5.69 Å². The van der Waals surface area contributed by atoms with Crippen LogP contribution >= 0.6 is 0 Å². The number of para-hydroxylation sites is 1. The maximum absolute atomic E-state index is 12.9. The van der Waals surface area contributed by atoms with Crippen molar-refractivity contribution in [3.8, 4) is 11.4 Å². The van der Waals surface area contributed by atoms with Crippen LogP contribution in [0, 0.1) is 0 Å². The minimum absolute atomic E-state index is 0.00173. The topological polar surface area (TPSA) is 76.4 Å². The number of nitrogens with zero attached hydrogens (tertiary/aromatic N) is 2. The molecular weight excluding hydrogens is 404 g/mol. The van der Waals surface area contributed by atoms with Gasteiger partial charge in [0, 0.05) is 18.2 Å². The third kappa shape index (κ3) is 5.67. The highest BCUT2D eigenvalue weighted by molar-refractivity contribution is 5.95. The molecular formula is C23H25F2N3O3. The molecule has 3 aromatic rings. The number of halogens is 2. The first-order valence-corrected chi connectivity index (χ1v) is 9.82. The molecule has 0 aliphatic heterocycles. The van der Waals surface area contributed by atoms with Crippen LogP contribution in [0.5, 0.6) is 5.75 Å². The molecule has 0 radical (unpaired) electrons. The SMILES string of the molecule is CC(C)(C)c1nn(-c2ccccc2)cc1C(=O)NC[C@H](O)c1ccc(OC(F)F)cc1. The van der Waals surface area contributed by atoms with Gasteiger partial charge in [0.15, 0.2) is 0 Å². The molecule has 0 unspecified atom stereocenters. The number of aromatic nitrogens is 2. The molecule has 0 fully saturated rings. The van der Waals surface area contributed by atoms with E-state index in [-0.39, 0.29) is 23.6 Å². The molecule has 6 nitrogen and oxygen atoms in total. The predicted molar refractivity (Wildman–Crippen MR) is 113 cm³/mol. The van der Waals surface area contributed by atoms with Gasteiger partial charge >= 0.3 is 6.61 Å². The van der Waals surface area contributed by atoms with Gasteiger partial charge in [-0.1, -0.05) is 51.1 Å². The highest BCUT2D eigenvalue weighted by Gasteiger charge is 2.27. The second-order valence-electron chi connectivity index (χ2n) is 8.09. The van der Waals surface area contributed by atoms with E-state index in [2.05, 4.69) is 15.2 Å². The van der Waals surface area contributed by atoms with Crippen molar-refractivity contribution in [1.82, 2.24) is 15.1 Å². The molecule has 164 valence electrons. The van der Waals surface area contributed by atoms with E-state index in [0.29, 0.717) is 16.8 Å². The van der Waals surface area contributed by atoms with Crippen molar-refractivity contribution in [3.63, 3.8) is 0 Å². The smallest absolute Gasteiger partial charge is 0.387 e. The van der Waals surface area contributed by atoms with Gasteiger partial charge in [-0.05, 0) is 29.8 Å². The fourth-order valence-electron chi connectivity index (χ4n) is 3.08. The molecule has 0 saturated heterocycles. The van der Waals surface area contributed by atoms with Gasteiger partial charge in [-0.3, -0.25) is 4.79 Å². The highest BCUT2D eigenvalue weighted by Crippen LogP contribution is 2.26. The summed E-state index contributed by atoms with van der Waals surface area (Å²) in [4.78, 5) is 12.9. The number of rotatable bonds is 7. The Hall–Kier alpha value is -3.26. The number of ether oxygens (including phenoxy) is 1. The maximum atomic E-state index is 12.9. The van der Waals surface area contributed by atoms with Crippen molar-refractivity contribution in [2.24, 2.45) is 0 Å². The number of aliphatic hydroxyl groups is 1. The number of hydrogen-bond donors (Lipinski definition) is 2. The Kier molecular flexibility index (Phi) is 6.70. The molecule has 0 spiro atoms. The van der Waals surface area contributed by atoms with E-state index in [1.54, 1.807) is 10.9 Å². The lowest BCUT2D eigenvalue weighted by molar-refractivity contribution is -0.0498. The normalized spacial score (nSPS) is 12.6. The average molecular weight is 429 g/mol. The third-order valence-corrected chi connectivity index (χ3v) is 4.64. The minimum Gasteiger partial charge on any atom is -0.435 e. The molecule has 0 aliphatic rings. The first kappa shape index (κ1) is 22.4. The molecule has 0 bridgehead atoms. The molecule has 1 atom stereocenters. The number of carbonyl (C=O) groups is 1. The zero-order valence-electron chi connectivity index (χ0n) is 17.5.